The average molecular weight is 320 g/mol. The van der Waals surface area contributed by atoms with E-state index in [0.29, 0.717) is 16.7 Å². The quantitative estimate of drug-likeness (QED) is 0.557. The number of benzene rings is 2. The fourth-order valence-electron chi connectivity index (χ4n) is 2.24. The molecule has 0 unspecified atom stereocenters. The molecule has 0 aliphatic carbocycles. The lowest BCUT2D eigenvalue weighted by atomic mass is 10.2. The van der Waals surface area contributed by atoms with Gasteiger partial charge in [-0.2, -0.15) is 5.10 Å². The van der Waals surface area contributed by atoms with Crippen molar-refractivity contribution < 1.29 is 4.79 Å². The van der Waals surface area contributed by atoms with E-state index < -0.39 is 0 Å². The van der Waals surface area contributed by atoms with E-state index >= 15 is 0 Å². The Morgan fingerprint density at radius 3 is 2.71 bits per heavy atom. The molecule has 0 spiro atoms. The predicted octanol–water partition coefficient (Wildman–Crippen LogP) is 2.01. The molecule has 3 rings (SSSR count). The highest BCUT2D eigenvalue weighted by molar-refractivity contribution is 5.82. The number of para-hydroxylation sites is 2. The van der Waals surface area contributed by atoms with Crippen LogP contribution in [0.25, 0.3) is 11.0 Å². The van der Waals surface area contributed by atoms with Gasteiger partial charge < -0.3 is 4.98 Å². The second-order valence-corrected chi connectivity index (χ2v) is 5.23. The molecule has 2 N–H and O–H groups in total. The van der Waals surface area contributed by atoms with Crippen LogP contribution in [0.15, 0.2) is 64.5 Å². The normalized spacial score (nSPS) is 11.0. The molecule has 0 saturated carbocycles. The molecule has 0 aliphatic heterocycles. The lowest BCUT2D eigenvalue weighted by molar-refractivity contribution is -0.121. The van der Waals surface area contributed by atoms with Gasteiger partial charge in [-0.3, -0.25) is 9.59 Å². The van der Waals surface area contributed by atoms with Gasteiger partial charge in [-0.25, -0.2) is 10.4 Å². The number of aromatic amines is 1. The first-order valence-corrected chi connectivity index (χ1v) is 7.57. The molecule has 1 heterocycles. The molecule has 0 atom stereocenters. The van der Waals surface area contributed by atoms with Gasteiger partial charge in [0.05, 0.1) is 17.2 Å². The van der Waals surface area contributed by atoms with Gasteiger partial charge in [0.15, 0.2) is 0 Å². The minimum atomic E-state index is -0.269. The van der Waals surface area contributed by atoms with Gasteiger partial charge in [0, 0.05) is 12.8 Å². The zero-order valence-electron chi connectivity index (χ0n) is 12.9. The maximum Gasteiger partial charge on any atom is 0.270 e. The summed E-state index contributed by atoms with van der Waals surface area (Å²) in [5, 5.41) is 3.90. The molecule has 1 aromatic heterocycles. The summed E-state index contributed by atoms with van der Waals surface area (Å²) in [7, 11) is 0. The number of aryl methyl sites for hydroxylation is 1. The predicted molar refractivity (Wildman–Crippen MR) is 92.9 cm³/mol. The van der Waals surface area contributed by atoms with Crippen LogP contribution in [-0.4, -0.2) is 22.1 Å². The molecule has 3 aromatic rings. The third kappa shape index (κ3) is 3.92. The summed E-state index contributed by atoms with van der Waals surface area (Å²) in [6, 6.07) is 16.7. The molecule has 0 bridgehead atoms. The molecule has 0 saturated heterocycles. The van der Waals surface area contributed by atoms with E-state index in [1.165, 1.54) is 0 Å². The number of hydrazone groups is 1. The van der Waals surface area contributed by atoms with Crippen LogP contribution < -0.4 is 11.0 Å². The van der Waals surface area contributed by atoms with E-state index in [9.17, 15) is 9.59 Å². The van der Waals surface area contributed by atoms with Crippen LogP contribution in [0.2, 0.25) is 0 Å². The highest BCUT2D eigenvalue weighted by Gasteiger charge is 2.07. The van der Waals surface area contributed by atoms with Crippen LogP contribution in [0.5, 0.6) is 0 Å². The highest BCUT2D eigenvalue weighted by Crippen LogP contribution is 2.06. The molecule has 0 fully saturated rings. The molecule has 6 nitrogen and oxygen atoms in total. The van der Waals surface area contributed by atoms with Crippen molar-refractivity contribution in [2.45, 2.75) is 12.8 Å². The number of nitrogens with one attached hydrogen (secondary N) is 2. The Bertz CT molecular complexity index is 932. The topological polar surface area (TPSA) is 87.2 Å². The molecular formula is C18H16N4O2. The molecule has 1 amide bonds. The van der Waals surface area contributed by atoms with Crippen LogP contribution in [0.4, 0.5) is 0 Å². The average Bonchev–Trinajstić information content (AvgIpc) is 2.61. The molecule has 0 aliphatic rings. The second-order valence-electron chi connectivity index (χ2n) is 5.23. The lowest BCUT2D eigenvalue weighted by Crippen LogP contribution is -2.21. The van der Waals surface area contributed by atoms with E-state index in [0.717, 1.165) is 5.56 Å². The Morgan fingerprint density at radius 2 is 1.88 bits per heavy atom. The summed E-state index contributed by atoms with van der Waals surface area (Å²) in [5.74, 6) is -0.267. The van der Waals surface area contributed by atoms with E-state index in [4.69, 9.17) is 0 Å². The van der Waals surface area contributed by atoms with Gasteiger partial charge in [0.1, 0.15) is 5.69 Å². The number of fused-ring (bicyclic) bond motifs is 1. The number of nitrogens with zero attached hydrogens (tertiary/aromatic N) is 2. The summed E-state index contributed by atoms with van der Waals surface area (Å²) in [5.41, 5.74) is 4.80. The number of amides is 1. The van der Waals surface area contributed by atoms with Crippen LogP contribution in [0.1, 0.15) is 17.7 Å². The maximum absolute atomic E-state index is 12.0. The van der Waals surface area contributed by atoms with Gasteiger partial charge in [-0.05, 0) is 17.7 Å². The number of hydrogen-bond donors (Lipinski definition) is 2. The van der Waals surface area contributed by atoms with Crippen LogP contribution >= 0.6 is 0 Å². The molecule has 6 heteroatoms. The first kappa shape index (κ1) is 15.6. The molecule has 120 valence electrons. The first-order chi connectivity index (χ1) is 11.7. The van der Waals surface area contributed by atoms with E-state index in [1.807, 2.05) is 48.5 Å². The van der Waals surface area contributed by atoms with Crippen molar-refractivity contribution in [3.05, 3.63) is 76.2 Å². The maximum atomic E-state index is 12.0. The van der Waals surface area contributed by atoms with E-state index in [2.05, 4.69) is 20.5 Å². The summed E-state index contributed by atoms with van der Waals surface area (Å²) >= 11 is 0. The fraction of sp³-hybridized carbons (Fsp3) is 0.111. The zero-order valence-corrected chi connectivity index (χ0v) is 12.9. The number of carbonyl (C=O) groups excluding carboxylic acids is 1. The number of hydrogen-bond acceptors (Lipinski definition) is 4. The lowest BCUT2D eigenvalue weighted by Gasteiger charge is -2.02. The third-order valence-electron chi connectivity index (χ3n) is 3.46. The Morgan fingerprint density at radius 1 is 1.12 bits per heavy atom. The summed E-state index contributed by atoms with van der Waals surface area (Å²) < 4.78 is 0. The standard InChI is InChI=1S/C18H16N4O2/c23-17(22-19-12-13-6-2-1-3-7-13)11-10-16-18(24)21-15-9-5-4-8-14(15)20-16/h1-9,12H,10-11H2,(H,21,24)(H,22,23)/b19-12-. The van der Waals surface area contributed by atoms with Gasteiger partial charge in [0.2, 0.25) is 5.91 Å². The van der Waals surface area contributed by atoms with Crippen molar-refractivity contribution >= 4 is 23.2 Å². The van der Waals surface area contributed by atoms with Crippen LogP contribution in [-0.2, 0) is 11.2 Å². The van der Waals surface area contributed by atoms with Gasteiger partial charge >= 0.3 is 0 Å². The fourth-order valence-corrected chi connectivity index (χ4v) is 2.24. The smallest absolute Gasteiger partial charge is 0.270 e. The largest absolute Gasteiger partial charge is 0.319 e. The zero-order chi connectivity index (χ0) is 16.8. The van der Waals surface area contributed by atoms with Gasteiger partial charge in [-0.15, -0.1) is 0 Å². The van der Waals surface area contributed by atoms with Crippen molar-refractivity contribution in [1.82, 2.24) is 15.4 Å². The Kier molecular flexibility index (Phi) is 4.76. The van der Waals surface area contributed by atoms with Crippen LogP contribution in [0, 0.1) is 0 Å². The molecule has 24 heavy (non-hydrogen) atoms. The van der Waals surface area contributed by atoms with Crippen molar-refractivity contribution in [1.29, 1.82) is 0 Å². The monoisotopic (exact) mass is 320 g/mol. The Hall–Kier alpha value is -3.28. The number of H-pyrrole nitrogens is 1. The van der Waals surface area contributed by atoms with Gasteiger partial charge in [0.25, 0.3) is 5.56 Å². The Labute approximate surface area is 138 Å². The van der Waals surface area contributed by atoms with Crippen molar-refractivity contribution in [2.24, 2.45) is 5.10 Å². The first-order valence-electron chi connectivity index (χ1n) is 7.57. The van der Waals surface area contributed by atoms with Crippen molar-refractivity contribution in [2.75, 3.05) is 0 Å². The molecular weight excluding hydrogens is 304 g/mol. The van der Waals surface area contributed by atoms with E-state index in [1.54, 1.807) is 12.3 Å². The highest BCUT2D eigenvalue weighted by atomic mass is 16.2. The van der Waals surface area contributed by atoms with Crippen molar-refractivity contribution in [3.8, 4) is 0 Å². The minimum absolute atomic E-state index is 0.139. The summed E-state index contributed by atoms with van der Waals surface area (Å²) in [6.07, 6.45) is 1.96. The van der Waals surface area contributed by atoms with Crippen LogP contribution in [0.3, 0.4) is 0 Å². The third-order valence-corrected chi connectivity index (χ3v) is 3.46. The molecule has 2 aromatic carbocycles. The number of carbonyl (C=O) groups is 1. The van der Waals surface area contributed by atoms with Gasteiger partial charge in [-0.1, -0.05) is 42.5 Å². The SMILES string of the molecule is O=C(CCc1nc2ccccc2[nH]c1=O)N/N=C\c1ccccc1. The van der Waals surface area contributed by atoms with Crippen molar-refractivity contribution in [3.63, 3.8) is 0 Å². The molecule has 0 radical (unpaired) electrons. The minimum Gasteiger partial charge on any atom is -0.319 e. The second kappa shape index (κ2) is 7.32. The summed E-state index contributed by atoms with van der Waals surface area (Å²) in [4.78, 5) is 30.9. The summed E-state index contributed by atoms with van der Waals surface area (Å²) in [6.45, 7) is 0. The van der Waals surface area contributed by atoms with E-state index in [-0.39, 0.29) is 24.3 Å². The number of aromatic nitrogens is 2. The Balaban J connectivity index is 1.59. The number of rotatable bonds is 5.